The van der Waals surface area contributed by atoms with Crippen LogP contribution in [0.1, 0.15) is 15.9 Å². The number of methoxy groups -OCH3 is 2. The first kappa shape index (κ1) is 19.9. The lowest BCUT2D eigenvalue weighted by atomic mass is 10.1. The first-order valence-electron chi connectivity index (χ1n) is 7.32. The van der Waals surface area contributed by atoms with Gasteiger partial charge in [-0.1, -0.05) is 0 Å². The van der Waals surface area contributed by atoms with Gasteiger partial charge >= 0.3 is 12.0 Å². The summed E-state index contributed by atoms with van der Waals surface area (Å²) >= 11 is 0. The van der Waals surface area contributed by atoms with E-state index in [0.717, 1.165) is 0 Å². The van der Waals surface area contributed by atoms with Crippen LogP contribution in [-0.4, -0.2) is 49.7 Å². The van der Waals surface area contributed by atoms with E-state index in [0.29, 0.717) is 0 Å². The van der Waals surface area contributed by atoms with Crippen molar-refractivity contribution in [3.05, 3.63) is 41.7 Å². The van der Waals surface area contributed by atoms with E-state index in [4.69, 9.17) is 9.47 Å². The third-order valence-electron chi connectivity index (χ3n) is 3.21. The van der Waals surface area contributed by atoms with Crippen LogP contribution in [0.25, 0.3) is 0 Å². The Morgan fingerprint density at radius 1 is 1.15 bits per heavy atom. The molecule has 0 unspecified atom stereocenters. The molecular weight excluding hydrogens is 380 g/mol. The van der Waals surface area contributed by atoms with Crippen LogP contribution in [-0.2, 0) is 15.8 Å². The Labute approximate surface area is 154 Å². The van der Waals surface area contributed by atoms with Crippen LogP contribution in [0.2, 0.25) is 0 Å². The van der Waals surface area contributed by atoms with Crippen LogP contribution in [0, 0.1) is 0 Å². The molecule has 0 saturated carbocycles. The Bertz CT molecular complexity index is 948. The molecule has 12 heteroatoms. The van der Waals surface area contributed by atoms with Gasteiger partial charge < -0.3 is 14.6 Å². The maximum atomic E-state index is 12.3. The molecule has 0 atom stereocenters. The summed E-state index contributed by atoms with van der Waals surface area (Å²) in [5, 5.41) is 11.5. The molecule has 0 saturated heterocycles. The molecule has 0 aliphatic rings. The SMILES string of the molecule is COc1cc(CS(=O)(=O)NC(=O)Nc2ncccn2)c(C(=O)O)c(OC)c1. The number of benzene rings is 1. The maximum Gasteiger partial charge on any atom is 0.339 e. The Hall–Kier alpha value is -3.41. The van der Waals surface area contributed by atoms with E-state index < -0.39 is 27.8 Å². The van der Waals surface area contributed by atoms with Gasteiger partial charge in [0.15, 0.2) is 0 Å². The average Bonchev–Trinajstić information content (AvgIpc) is 2.60. The number of nitrogens with one attached hydrogen (secondary N) is 2. The number of carboxylic acids is 1. The fourth-order valence-electron chi connectivity index (χ4n) is 2.15. The number of carbonyl (C=O) groups is 2. The minimum Gasteiger partial charge on any atom is -0.497 e. The molecule has 11 nitrogen and oxygen atoms in total. The molecule has 0 radical (unpaired) electrons. The zero-order valence-electron chi connectivity index (χ0n) is 14.3. The average molecular weight is 396 g/mol. The van der Waals surface area contributed by atoms with E-state index in [1.165, 1.54) is 44.8 Å². The number of hydrogen-bond acceptors (Lipinski definition) is 8. The van der Waals surface area contributed by atoms with Crippen molar-refractivity contribution in [2.45, 2.75) is 5.75 Å². The van der Waals surface area contributed by atoms with E-state index >= 15 is 0 Å². The topological polar surface area (TPSA) is 157 Å². The maximum absolute atomic E-state index is 12.3. The summed E-state index contributed by atoms with van der Waals surface area (Å²) in [5.74, 6) is -2.16. The standard InChI is InChI=1S/C15H16N4O7S/c1-25-10-6-9(12(13(20)21)11(7-10)26-2)8-27(23,24)19-15(22)18-14-16-4-3-5-17-14/h3-7H,8H2,1-2H3,(H,20,21)(H2,16,17,18,19,22). The molecule has 144 valence electrons. The molecule has 3 N–H and O–H groups in total. The summed E-state index contributed by atoms with van der Waals surface area (Å²) in [6, 6.07) is 2.98. The fraction of sp³-hybridized carbons (Fsp3) is 0.200. The highest BCUT2D eigenvalue weighted by molar-refractivity contribution is 7.89. The number of anilines is 1. The number of amides is 2. The van der Waals surface area contributed by atoms with Crippen molar-refractivity contribution in [1.82, 2.24) is 14.7 Å². The van der Waals surface area contributed by atoms with Crippen LogP contribution in [0.5, 0.6) is 11.5 Å². The van der Waals surface area contributed by atoms with E-state index in [1.807, 2.05) is 0 Å². The van der Waals surface area contributed by atoms with Crippen molar-refractivity contribution in [1.29, 1.82) is 0 Å². The molecular formula is C15H16N4O7S. The van der Waals surface area contributed by atoms with Crippen LogP contribution in [0.3, 0.4) is 0 Å². The number of carboxylic acid groups (broad SMARTS) is 1. The quantitative estimate of drug-likeness (QED) is 0.617. The van der Waals surface area contributed by atoms with Gasteiger partial charge in [0.25, 0.3) is 0 Å². The van der Waals surface area contributed by atoms with E-state index in [9.17, 15) is 23.1 Å². The van der Waals surface area contributed by atoms with Gasteiger partial charge in [0, 0.05) is 18.5 Å². The third-order valence-corrected chi connectivity index (χ3v) is 4.40. The molecule has 1 heterocycles. The molecule has 0 spiro atoms. The molecule has 0 bridgehead atoms. The van der Waals surface area contributed by atoms with Gasteiger partial charge in [-0.2, -0.15) is 0 Å². The van der Waals surface area contributed by atoms with Crippen molar-refractivity contribution in [2.24, 2.45) is 0 Å². The lowest BCUT2D eigenvalue weighted by Crippen LogP contribution is -2.35. The Balaban J connectivity index is 2.26. The summed E-state index contributed by atoms with van der Waals surface area (Å²) < 4.78 is 36.4. The van der Waals surface area contributed by atoms with Gasteiger partial charge in [0.2, 0.25) is 16.0 Å². The van der Waals surface area contributed by atoms with Gasteiger partial charge in [0.05, 0.1) is 20.0 Å². The van der Waals surface area contributed by atoms with E-state index in [1.54, 1.807) is 4.72 Å². The first-order valence-corrected chi connectivity index (χ1v) is 8.97. The van der Waals surface area contributed by atoms with Crippen molar-refractivity contribution in [3.8, 4) is 11.5 Å². The van der Waals surface area contributed by atoms with Gasteiger partial charge in [-0.25, -0.2) is 32.7 Å². The minimum atomic E-state index is -4.25. The smallest absolute Gasteiger partial charge is 0.339 e. The largest absolute Gasteiger partial charge is 0.497 e. The fourth-order valence-corrected chi connectivity index (χ4v) is 3.20. The van der Waals surface area contributed by atoms with Crippen LogP contribution in [0.4, 0.5) is 10.7 Å². The first-order chi connectivity index (χ1) is 12.8. The predicted octanol–water partition coefficient (Wildman–Crippen LogP) is 0.843. The molecule has 0 aliphatic heterocycles. The number of ether oxygens (including phenoxy) is 2. The number of aromatic carboxylic acids is 1. The molecule has 27 heavy (non-hydrogen) atoms. The molecule has 1 aromatic heterocycles. The second-order valence-corrected chi connectivity index (χ2v) is 6.78. The normalized spacial score (nSPS) is 10.7. The summed E-state index contributed by atoms with van der Waals surface area (Å²) in [5.41, 5.74) is -0.467. The zero-order chi connectivity index (χ0) is 20.0. The highest BCUT2D eigenvalue weighted by atomic mass is 32.2. The van der Waals surface area contributed by atoms with E-state index in [2.05, 4.69) is 15.3 Å². The number of rotatable bonds is 7. The number of sulfonamides is 1. The number of carbonyl (C=O) groups excluding carboxylic acids is 1. The lowest BCUT2D eigenvalue weighted by molar-refractivity contribution is 0.0692. The molecule has 0 fully saturated rings. The Morgan fingerprint density at radius 3 is 2.37 bits per heavy atom. The number of urea groups is 1. The summed E-state index contributed by atoms with van der Waals surface area (Å²) in [4.78, 5) is 30.8. The van der Waals surface area contributed by atoms with Crippen LogP contribution >= 0.6 is 0 Å². The van der Waals surface area contributed by atoms with Gasteiger partial charge in [-0.05, 0) is 17.7 Å². The van der Waals surface area contributed by atoms with Crippen LogP contribution < -0.4 is 19.5 Å². The Kier molecular flexibility index (Phi) is 6.13. The predicted molar refractivity (Wildman–Crippen MR) is 93.3 cm³/mol. The highest BCUT2D eigenvalue weighted by Crippen LogP contribution is 2.30. The second-order valence-electron chi connectivity index (χ2n) is 5.06. The zero-order valence-corrected chi connectivity index (χ0v) is 15.1. The van der Waals surface area contributed by atoms with E-state index in [-0.39, 0.29) is 28.6 Å². The number of hydrogen-bond donors (Lipinski definition) is 3. The summed E-state index contributed by atoms with van der Waals surface area (Å²) in [6.07, 6.45) is 2.72. The molecule has 2 rings (SSSR count). The molecule has 2 aromatic rings. The molecule has 0 aliphatic carbocycles. The Morgan fingerprint density at radius 2 is 1.81 bits per heavy atom. The number of nitrogens with zero attached hydrogens (tertiary/aromatic N) is 2. The molecule has 2 amide bonds. The van der Waals surface area contributed by atoms with Crippen molar-refractivity contribution < 1.29 is 32.6 Å². The van der Waals surface area contributed by atoms with Crippen molar-refractivity contribution in [3.63, 3.8) is 0 Å². The van der Waals surface area contributed by atoms with Crippen molar-refractivity contribution in [2.75, 3.05) is 19.5 Å². The third kappa shape index (κ3) is 5.28. The lowest BCUT2D eigenvalue weighted by Gasteiger charge is -2.14. The van der Waals surface area contributed by atoms with Crippen LogP contribution in [0.15, 0.2) is 30.6 Å². The van der Waals surface area contributed by atoms with Gasteiger partial charge in [-0.3, -0.25) is 5.32 Å². The highest BCUT2D eigenvalue weighted by Gasteiger charge is 2.24. The second kappa shape index (κ2) is 8.31. The van der Waals surface area contributed by atoms with Gasteiger partial charge in [0.1, 0.15) is 17.1 Å². The van der Waals surface area contributed by atoms with Gasteiger partial charge in [-0.15, -0.1) is 0 Å². The number of aromatic nitrogens is 2. The van der Waals surface area contributed by atoms with Crippen molar-refractivity contribution >= 4 is 28.0 Å². The summed E-state index contributed by atoms with van der Waals surface area (Å²) in [7, 11) is -1.68. The monoisotopic (exact) mass is 396 g/mol. The summed E-state index contributed by atoms with van der Waals surface area (Å²) in [6.45, 7) is 0. The molecule has 1 aromatic carbocycles. The minimum absolute atomic E-state index is 0.0748.